The minimum atomic E-state index is -0.526. The van der Waals surface area contributed by atoms with Crippen LogP contribution >= 0.6 is 15.9 Å². The molecule has 1 aromatic rings. The molecule has 1 aromatic carbocycles. The summed E-state index contributed by atoms with van der Waals surface area (Å²) in [5.41, 5.74) is 6.19. The van der Waals surface area contributed by atoms with Gasteiger partial charge in [0.2, 0.25) is 0 Å². The summed E-state index contributed by atoms with van der Waals surface area (Å²) in [6.07, 6.45) is 2.56. The summed E-state index contributed by atoms with van der Waals surface area (Å²) >= 11 is 3.47. The molecule has 3 N–H and O–H groups in total. The number of carbonyl (C=O) groups excluding carboxylic acids is 1. The molecular formula is C16H23BrN2O4. The predicted molar refractivity (Wildman–Crippen MR) is 90.7 cm³/mol. The largest absolute Gasteiger partial charge is 0.490 e. The van der Waals surface area contributed by atoms with Crippen LogP contribution in [0.25, 0.3) is 0 Å². The van der Waals surface area contributed by atoms with E-state index in [-0.39, 0.29) is 6.61 Å². The zero-order chi connectivity index (χ0) is 16.7. The molecule has 2 rings (SSSR count). The first-order valence-corrected chi connectivity index (χ1v) is 8.58. The van der Waals surface area contributed by atoms with Crippen LogP contribution in [-0.4, -0.2) is 38.4 Å². The van der Waals surface area contributed by atoms with Gasteiger partial charge in [-0.1, -0.05) is 0 Å². The van der Waals surface area contributed by atoms with Crippen LogP contribution in [0.3, 0.4) is 0 Å². The van der Waals surface area contributed by atoms with Crippen LogP contribution in [0.4, 0.5) is 0 Å². The first-order chi connectivity index (χ1) is 11.1. The van der Waals surface area contributed by atoms with Crippen molar-refractivity contribution in [2.75, 3.05) is 26.4 Å². The van der Waals surface area contributed by atoms with E-state index >= 15 is 0 Å². The van der Waals surface area contributed by atoms with Crippen LogP contribution in [0.5, 0.6) is 11.5 Å². The second-order valence-electron chi connectivity index (χ2n) is 5.36. The summed E-state index contributed by atoms with van der Waals surface area (Å²) in [6.45, 7) is 4.62. The Morgan fingerprint density at radius 2 is 2.30 bits per heavy atom. The minimum Gasteiger partial charge on any atom is -0.490 e. The van der Waals surface area contributed by atoms with Gasteiger partial charge in [-0.05, 0) is 53.4 Å². The number of benzene rings is 1. The summed E-state index contributed by atoms with van der Waals surface area (Å²) in [5, 5.41) is 3.39. The average molecular weight is 387 g/mol. The second kappa shape index (κ2) is 9.10. The maximum absolute atomic E-state index is 10.9. The third-order valence-corrected chi connectivity index (χ3v) is 4.04. The van der Waals surface area contributed by atoms with E-state index < -0.39 is 5.91 Å². The highest BCUT2D eigenvalue weighted by Gasteiger charge is 2.16. The fourth-order valence-electron chi connectivity index (χ4n) is 2.45. The lowest BCUT2D eigenvalue weighted by Gasteiger charge is -2.16. The number of halogens is 1. The molecule has 0 spiro atoms. The Labute approximate surface area is 144 Å². The van der Waals surface area contributed by atoms with Crippen molar-refractivity contribution < 1.29 is 19.0 Å². The Hall–Kier alpha value is -1.31. The Balaban J connectivity index is 2.00. The van der Waals surface area contributed by atoms with E-state index in [4.69, 9.17) is 19.9 Å². The molecule has 23 heavy (non-hydrogen) atoms. The van der Waals surface area contributed by atoms with Crippen molar-refractivity contribution in [3.05, 3.63) is 22.2 Å². The molecule has 128 valence electrons. The third kappa shape index (κ3) is 5.67. The summed E-state index contributed by atoms with van der Waals surface area (Å²) in [6, 6.07) is 3.86. The van der Waals surface area contributed by atoms with E-state index in [1.165, 1.54) is 0 Å². The highest BCUT2D eigenvalue weighted by atomic mass is 79.9. The van der Waals surface area contributed by atoms with Crippen molar-refractivity contribution in [3.63, 3.8) is 0 Å². The monoisotopic (exact) mass is 386 g/mol. The normalized spacial score (nSPS) is 17.2. The van der Waals surface area contributed by atoms with Gasteiger partial charge in [-0.15, -0.1) is 0 Å². The average Bonchev–Trinajstić information content (AvgIpc) is 3.00. The van der Waals surface area contributed by atoms with Crippen LogP contribution in [0, 0.1) is 0 Å². The summed E-state index contributed by atoms with van der Waals surface area (Å²) < 4.78 is 17.4. The molecule has 6 nitrogen and oxygen atoms in total. The van der Waals surface area contributed by atoms with Crippen molar-refractivity contribution >= 4 is 21.8 Å². The molecular weight excluding hydrogens is 364 g/mol. The van der Waals surface area contributed by atoms with Crippen molar-refractivity contribution in [1.82, 2.24) is 5.32 Å². The zero-order valence-electron chi connectivity index (χ0n) is 13.3. The van der Waals surface area contributed by atoms with Crippen LogP contribution in [-0.2, 0) is 16.1 Å². The Kier molecular flexibility index (Phi) is 7.14. The second-order valence-corrected chi connectivity index (χ2v) is 6.21. The maximum Gasteiger partial charge on any atom is 0.255 e. The van der Waals surface area contributed by atoms with Gasteiger partial charge < -0.3 is 25.3 Å². The van der Waals surface area contributed by atoms with Gasteiger partial charge in [-0.25, -0.2) is 0 Å². The summed E-state index contributed by atoms with van der Waals surface area (Å²) in [7, 11) is 0. The van der Waals surface area contributed by atoms with Crippen molar-refractivity contribution in [3.8, 4) is 11.5 Å². The standard InChI is InChI=1S/C16H23BrN2O4/c1-2-21-14-7-11(8-19-9-12-4-3-5-22-12)6-13(17)16(14)23-10-15(18)20/h6-7,12,19H,2-5,8-10H2,1H3,(H2,18,20)/t12-/m0/s1. The number of amides is 1. The molecule has 1 aliphatic heterocycles. The molecule has 0 aliphatic carbocycles. The van der Waals surface area contributed by atoms with Crippen molar-refractivity contribution in [2.45, 2.75) is 32.4 Å². The summed E-state index contributed by atoms with van der Waals surface area (Å²) in [5.74, 6) is 0.562. The van der Waals surface area contributed by atoms with Crippen molar-refractivity contribution in [2.24, 2.45) is 5.73 Å². The van der Waals surface area contributed by atoms with Crippen LogP contribution in [0.1, 0.15) is 25.3 Å². The van der Waals surface area contributed by atoms with E-state index in [2.05, 4.69) is 21.2 Å². The quantitative estimate of drug-likeness (QED) is 0.677. The lowest BCUT2D eigenvalue weighted by molar-refractivity contribution is -0.119. The van der Waals surface area contributed by atoms with Crippen LogP contribution in [0.2, 0.25) is 0 Å². The molecule has 1 aliphatic rings. The Morgan fingerprint density at radius 3 is 2.96 bits per heavy atom. The van der Waals surface area contributed by atoms with Gasteiger partial charge in [-0.2, -0.15) is 0 Å². The lowest BCUT2D eigenvalue weighted by atomic mass is 10.2. The van der Waals surface area contributed by atoms with Crippen molar-refractivity contribution in [1.29, 1.82) is 0 Å². The predicted octanol–water partition coefficient (Wildman–Crippen LogP) is 1.98. The molecule has 0 unspecified atom stereocenters. The fourth-order valence-corrected chi connectivity index (χ4v) is 3.06. The van der Waals surface area contributed by atoms with Gasteiger partial charge in [0.15, 0.2) is 18.1 Å². The number of hydrogen-bond acceptors (Lipinski definition) is 5. The lowest BCUT2D eigenvalue weighted by Crippen LogP contribution is -2.25. The highest BCUT2D eigenvalue weighted by Crippen LogP contribution is 2.37. The number of rotatable bonds is 9. The van der Waals surface area contributed by atoms with Gasteiger partial charge in [0.1, 0.15) is 0 Å². The van der Waals surface area contributed by atoms with Gasteiger partial charge in [0.25, 0.3) is 5.91 Å². The number of primary amides is 1. The first kappa shape index (κ1) is 18.0. The van der Waals surface area contributed by atoms with E-state index in [1.807, 2.05) is 19.1 Å². The molecule has 1 amide bonds. The zero-order valence-corrected chi connectivity index (χ0v) is 14.9. The van der Waals surface area contributed by atoms with E-state index in [0.29, 0.717) is 30.8 Å². The third-order valence-electron chi connectivity index (χ3n) is 3.45. The molecule has 7 heteroatoms. The molecule has 1 saturated heterocycles. The molecule has 0 bridgehead atoms. The maximum atomic E-state index is 10.9. The molecule has 0 aromatic heterocycles. The minimum absolute atomic E-state index is 0.185. The Bertz CT molecular complexity index is 533. The smallest absolute Gasteiger partial charge is 0.255 e. The van der Waals surface area contributed by atoms with Gasteiger partial charge in [0.05, 0.1) is 17.2 Å². The molecule has 1 fully saturated rings. The fraction of sp³-hybridized carbons (Fsp3) is 0.562. The van der Waals surface area contributed by atoms with Crippen LogP contribution in [0.15, 0.2) is 16.6 Å². The molecule has 1 heterocycles. The summed E-state index contributed by atoms with van der Waals surface area (Å²) in [4.78, 5) is 10.9. The molecule has 1 atom stereocenters. The number of hydrogen-bond donors (Lipinski definition) is 2. The van der Waals surface area contributed by atoms with Gasteiger partial charge in [0, 0.05) is 19.7 Å². The topological polar surface area (TPSA) is 82.8 Å². The number of carbonyl (C=O) groups is 1. The molecule has 0 saturated carbocycles. The van der Waals surface area contributed by atoms with E-state index in [9.17, 15) is 4.79 Å². The SMILES string of the molecule is CCOc1cc(CNC[C@@H]2CCCO2)cc(Br)c1OCC(N)=O. The first-order valence-electron chi connectivity index (χ1n) is 7.78. The van der Waals surface area contributed by atoms with E-state index in [1.54, 1.807) is 0 Å². The number of nitrogens with one attached hydrogen (secondary N) is 1. The number of nitrogens with two attached hydrogens (primary N) is 1. The number of ether oxygens (including phenoxy) is 3. The van der Waals surface area contributed by atoms with Crippen LogP contribution < -0.4 is 20.5 Å². The van der Waals surface area contributed by atoms with E-state index in [0.717, 1.165) is 36.0 Å². The Morgan fingerprint density at radius 1 is 1.48 bits per heavy atom. The van der Waals surface area contributed by atoms with Gasteiger partial charge >= 0.3 is 0 Å². The molecule has 0 radical (unpaired) electrons. The van der Waals surface area contributed by atoms with Gasteiger partial charge in [-0.3, -0.25) is 4.79 Å². The highest BCUT2D eigenvalue weighted by molar-refractivity contribution is 9.10.